The highest BCUT2D eigenvalue weighted by Gasteiger charge is 2.23. The van der Waals surface area contributed by atoms with Gasteiger partial charge in [0.15, 0.2) is 17.0 Å². The van der Waals surface area contributed by atoms with Crippen molar-refractivity contribution in [3.8, 4) is 0 Å². The van der Waals surface area contributed by atoms with E-state index in [9.17, 15) is 9.59 Å². The van der Waals surface area contributed by atoms with Crippen molar-refractivity contribution < 1.29 is 9.59 Å². The number of piperazine rings is 1. The van der Waals surface area contributed by atoms with Crippen LogP contribution in [0.15, 0.2) is 30.6 Å². The third-order valence-electron chi connectivity index (χ3n) is 5.11. The van der Waals surface area contributed by atoms with E-state index in [1.807, 2.05) is 6.92 Å². The van der Waals surface area contributed by atoms with Crippen LogP contribution in [-0.4, -0.2) is 74.4 Å². The summed E-state index contributed by atoms with van der Waals surface area (Å²) in [5.41, 5.74) is 2.83. The van der Waals surface area contributed by atoms with Crippen molar-refractivity contribution in [2.24, 2.45) is 0 Å². The van der Waals surface area contributed by atoms with E-state index in [4.69, 9.17) is 0 Å². The molecule has 0 atom stereocenters. The molecule has 0 radical (unpaired) electrons. The summed E-state index contributed by atoms with van der Waals surface area (Å²) in [6, 6.07) is 7.05. The minimum absolute atomic E-state index is 0.0731. The molecule has 1 aromatic carbocycles. The summed E-state index contributed by atoms with van der Waals surface area (Å²) in [6.45, 7) is 7.42. The van der Waals surface area contributed by atoms with Crippen LogP contribution in [0.4, 0.5) is 17.2 Å². The number of rotatable bonds is 6. The Morgan fingerprint density at radius 3 is 2.32 bits per heavy atom. The zero-order chi connectivity index (χ0) is 21.8. The highest BCUT2D eigenvalue weighted by Crippen LogP contribution is 2.21. The molecule has 0 bridgehead atoms. The number of nitrogens with one attached hydrogen (secondary N) is 2. The average molecular weight is 423 g/mol. The first-order valence-electron chi connectivity index (χ1n) is 10.2. The summed E-state index contributed by atoms with van der Waals surface area (Å²) >= 11 is 0. The quantitative estimate of drug-likeness (QED) is 0.601. The van der Waals surface area contributed by atoms with E-state index in [2.05, 4.69) is 40.7 Å². The van der Waals surface area contributed by atoms with Crippen LogP contribution in [-0.2, 0) is 16.1 Å². The van der Waals surface area contributed by atoms with Crippen LogP contribution >= 0.6 is 0 Å². The second-order valence-corrected chi connectivity index (χ2v) is 7.34. The third kappa shape index (κ3) is 4.77. The first-order valence-corrected chi connectivity index (χ1v) is 10.2. The Kier molecular flexibility index (Phi) is 6.03. The number of aryl methyl sites for hydroxylation is 1. The van der Waals surface area contributed by atoms with Crippen molar-refractivity contribution >= 4 is 40.2 Å². The minimum Gasteiger partial charge on any atom is -0.352 e. The number of hydrogen-bond acceptors (Lipinski definition) is 8. The number of carbonyl (C=O) groups excluding carboxylic acids is 2. The van der Waals surface area contributed by atoms with E-state index in [-0.39, 0.29) is 11.8 Å². The second-order valence-electron chi connectivity index (χ2n) is 7.34. The van der Waals surface area contributed by atoms with Crippen LogP contribution in [0.25, 0.3) is 11.2 Å². The van der Waals surface area contributed by atoms with E-state index in [0.29, 0.717) is 30.0 Å². The molecule has 0 saturated carbocycles. The van der Waals surface area contributed by atoms with Crippen molar-refractivity contribution in [2.75, 3.05) is 48.3 Å². The molecule has 1 aliphatic rings. The summed E-state index contributed by atoms with van der Waals surface area (Å²) < 4.78 is 1.75. The zero-order valence-corrected chi connectivity index (χ0v) is 17.6. The maximum atomic E-state index is 12.4. The molecule has 1 fully saturated rings. The Morgan fingerprint density at radius 1 is 1.00 bits per heavy atom. The van der Waals surface area contributed by atoms with Crippen molar-refractivity contribution in [3.05, 3.63) is 30.6 Å². The Morgan fingerprint density at radius 2 is 1.68 bits per heavy atom. The van der Waals surface area contributed by atoms with Crippen molar-refractivity contribution in [3.63, 3.8) is 0 Å². The molecule has 2 N–H and O–H groups in total. The molecule has 0 unspecified atom stereocenters. The predicted molar refractivity (Wildman–Crippen MR) is 117 cm³/mol. The lowest BCUT2D eigenvalue weighted by Gasteiger charge is -2.34. The van der Waals surface area contributed by atoms with Gasteiger partial charge in [-0.25, -0.2) is 14.6 Å². The van der Waals surface area contributed by atoms with Gasteiger partial charge in [0.25, 0.3) is 0 Å². The number of fused-ring (bicyclic) bond motifs is 1. The lowest BCUT2D eigenvalue weighted by Crippen LogP contribution is -2.49. The maximum Gasteiger partial charge on any atom is 0.238 e. The Labute approximate surface area is 179 Å². The fourth-order valence-electron chi connectivity index (χ4n) is 3.59. The minimum atomic E-state index is -0.131. The van der Waals surface area contributed by atoms with E-state index >= 15 is 0 Å². The Bertz CT molecular complexity index is 1070. The van der Waals surface area contributed by atoms with Gasteiger partial charge in [-0.15, -0.1) is 5.10 Å². The second kappa shape index (κ2) is 9.04. The van der Waals surface area contributed by atoms with Crippen LogP contribution in [0.2, 0.25) is 0 Å². The van der Waals surface area contributed by atoms with Gasteiger partial charge in [0, 0.05) is 51.0 Å². The smallest absolute Gasteiger partial charge is 0.238 e. The first kappa shape index (κ1) is 20.7. The fourth-order valence-corrected chi connectivity index (χ4v) is 3.59. The molecular formula is C20H25N9O2. The number of hydrogen-bond donors (Lipinski definition) is 2. The van der Waals surface area contributed by atoms with Crippen LogP contribution in [0.5, 0.6) is 0 Å². The van der Waals surface area contributed by atoms with Gasteiger partial charge in [-0.3, -0.25) is 14.5 Å². The first-order chi connectivity index (χ1) is 15.0. The zero-order valence-electron chi connectivity index (χ0n) is 17.6. The number of amides is 2. The molecule has 3 heterocycles. The van der Waals surface area contributed by atoms with Gasteiger partial charge < -0.3 is 15.5 Å². The maximum absolute atomic E-state index is 12.4. The van der Waals surface area contributed by atoms with Crippen molar-refractivity contribution in [1.29, 1.82) is 0 Å². The molecule has 4 rings (SSSR count). The monoisotopic (exact) mass is 423 g/mol. The molecule has 162 valence electrons. The Hall–Kier alpha value is -3.60. The SMILES string of the molecule is CCn1nnc2c(N3CCN(CC(=O)Nc4ccc(NC(C)=O)cc4)CC3)ncnc21. The fraction of sp³-hybridized carbons (Fsp3) is 0.400. The van der Waals surface area contributed by atoms with E-state index in [0.717, 1.165) is 37.6 Å². The molecule has 1 aliphatic heterocycles. The molecule has 2 amide bonds. The summed E-state index contributed by atoms with van der Waals surface area (Å²) in [5, 5.41) is 14.0. The lowest BCUT2D eigenvalue weighted by atomic mass is 10.2. The molecule has 11 heteroatoms. The van der Waals surface area contributed by atoms with E-state index < -0.39 is 0 Å². The van der Waals surface area contributed by atoms with E-state index in [1.54, 1.807) is 35.3 Å². The summed E-state index contributed by atoms with van der Waals surface area (Å²) in [4.78, 5) is 36.5. The van der Waals surface area contributed by atoms with Crippen LogP contribution in [0.1, 0.15) is 13.8 Å². The van der Waals surface area contributed by atoms with Gasteiger partial charge in [-0.05, 0) is 31.2 Å². The third-order valence-corrected chi connectivity index (χ3v) is 5.11. The summed E-state index contributed by atoms with van der Waals surface area (Å²) in [5.74, 6) is 0.581. The molecule has 0 aliphatic carbocycles. The number of anilines is 3. The van der Waals surface area contributed by atoms with Crippen molar-refractivity contribution in [2.45, 2.75) is 20.4 Å². The molecule has 11 nitrogen and oxygen atoms in total. The molecule has 31 heavy (non-hydrogen) atoms. The number of benzene rings is 1. The highest BCUT2D eigenvalue weighted by atomic mass is 16.2. The summed E-state index contributed by atoms with van der Waals surface area (Å²) in [7, 11) is 0. The Balaban J connectivity index is 1.31. The molecular weight excluding hydrogens is 398 g/mol. The largest absolute Gasteiger partial charge is 0.352 e. The van der Waals surface area contributed by atoms with Gasteiger partial charge in [-0.1, -0.05) is 5.21 Å². The van der Waals surface area contributed by atoms with E-state index in [1.165, 1.54) is 6.92 Å². The molecule has 2 aromatic heterocycles. The molecule has 1 saturated heterocycles. The van der Waals surface area contributed by atoms with Crippen LogP contribution in [0.3, 0.4) is 0 Å². The van der Waals surface area contributed by atoms with Gasteiger partial charge in [0.05, 0.1) is 6.54 Å². The van der Waals surface area contributed by atoms with Crippen molar-refractivity contribution in [1.82, 2.24) is 29.9 Å². The number of carbonyl (C=O) groups is 2. The van der Waals surface area contributed by atoms with Gasteiger partial charge >= 0.3 is 0 Å². The lowest BCUT2D eigenvalue weighted by molar-refractivity contribution is -0.117. The summed E-state index contributed by atoms with van der Waals surface area (Å²) in [6.07, 6.45) is 1.55. The van der Waals surface area contributed by atoms with Gasteiger partial charge in [-0.2, -0.15) is 0 Å². The normalized spacial score (nSPS) is 14.6. The van der Waals surface area contributed by atoms with Gasteiger partial charge in [0.2, 0.25) is 11.8 Å². The molecule has 3 aromatic rings. The number of nitrogens with zero attached hydrogens (tertiary/aromatic N) is 7. The number of aromatic nitrogens is 5. The average Bonchev–Trinajstić information content (AvgIpc) is 3.19. The highest BCUT2D eigenvalue weighted by molar-refractivity contribution is 5.93. The molecule has 0 spiro atoms. The van der Waals surface area contributed by atoms with Gasteiger partial charge in [0.1, 0.15) is 6.33 Å². The predicted octanol–water partition coefficient (Wildman–Crippen LogP) is 0.960. The standard InChI is InChI=1S/C20H25N9O2/c1-3-29-20-18(25-26-29)19(21-13-22-20)28-10-8-27(9-11-28)12-17(31)24-16-6-4-15(5-7-16)23-14(2)30/h4-7,13H,3,8-12H2,1-2H3,(H,23,30)(H,24,31). The topological polar surface area (TPSA) is 121 Å². The van der Waals surface area contributed by atoms with Crippen LogP contribution in [0, 0.1) is 0 Å². The van der Waals surface area contributed by atoms with Crippen LogP contribution < -0.4 is 15.5 Å².